The Balaban J connectivity index is 1.63. The molecule has 2 bridgehead atoms. The summed E-state index contributed by atoms with van der Waals surface area (Å²) in [5.41, 5.74) is -4.06. The number of carbonyl (C=O) groups is 1. The second-order valence-electron chi connectivity index (χ2n) is 8.06. The van der Waals surface area contributed by atoms with E-state index in [0.29, 0.717) is 6.42 Å². The Morgan fingerprint density at radius 3 is 2.79 bits per heavy atom. The summed E-state index contributed by atoms with van der Waals surface area (Å²) < 4.78 is 52.1. The van der Waals surface area contributed by atoms with Gasteiger partial charge in [-0.15, -0.1) is 0 Å². The van der Waals surface area contributed by atoms with Gasteiger partial charge in [-0.25, -0.2) is 0 Å². The van der Waals surface area contributed by atoms with Crippen LogP contribution in [-0.4, -0.2) is 52.9 Å². The third kappa shape index (κ3) is 2.19. The maximum absolute atomic E-state index is 13.4. The van der Waals surface area contributed by atoms with Crippen LogP contribution < -0.4 is 4.90 Å². The number of alkyl halides is 3. The number of aliphatic hydroxyl groups is 2. The molecule has 4 heterocycles. The molecule has 1 amide bonds. The van der Waals surface area contributed by atoms with Crippen LogP contribution in [0.1, 0.15) is 24.0 Å². The number of aliphatic hydroxyl groups excluding tert-OH is 2. The number of hydrogen-bond donors (Lipinski definition) is 2. The molecule has 0 saturated carbocycles. The van der Waals surface area contributed by atoms with Gasteiger partial charge in [-0.3, -0.25) is 9.69 Å². The molecule has 4 aliphatic rings. The molecule has 29 heavy (non-hydrogen) atoms. The Bertz CT molecular complexity index is 947. The van der Waals surface area contributed by atoms with Crippen molar-refractivity contribution in [2.24, 2.45) is 11.8 Å². The topological polar surface area (TPSA) is 103 Å². The number of nitrogens with zero attached hydrogens (tertiary/aromatic N) is 2. The van der Waals surface area contributed by atoms with E-state index in [9.17, 15) is 28.2 Å². The Hall–Kier alpha value is -2.19. The zero-order chi connectivity index (χ0) is 20.8. The minimum atomic E-state index is -4.76. The Kier molecular flexibility index (Phi) is 3.70. The van der Waals surface area contributed by atoms with Crippen molar-refractivity contribution >= 4 is 11.6 Å². The van der Waals surface area contributed by atoms with Gasteiger partial charge in [0.15, 0.2) is 0 Å². The van der Waals surface area contributed by atoms with Gasteiger partial charge in [-0.05, 0) is 18.2 Å². The molecule has 4 aliphatic heterocycles. The molecule has 0 radical (unpaired) electrons. The minimum Gasteiger partial charge on any atom is -0.393 e. The lowest BCUT2D eigenvalue weighted by Gasteiger charge is -2.43. The first-order valence-corrected chi connectivity index (χ1v) is 9.24. The second-order valence-corrected chi connectivity index (χ2v) is 8.06. The minimum absolute atomic E-state index is 0.0419. The fraction of sp³-hybridized carbons (Fsp3) is 0.579. The van der Waals surface area contributed by atoms with Crippen molar-refractivity contribution in [1.29, 1.82) is 5.26 Å². The number of ether oxygens (including phenoxy) is 2. The van der Waals surface area contributed by atoms with Crippen LogP contribution in [0.3, 0.4) is 0 Å². The number of carbonyl (C=O) groups excluding carboxylic acids is 1. The zero-order valence-electron chi connectivity index (χ0n) is 15.0. The van der Waals surface area contributed by atoms with Crippen LogP contribution in [0.5, 0.6) is 0 Å². The lowest BCUT2D eigenvalue weighted by Crippen LogP contribution is -2.57. The highest BCUT2D eigenvalue weighted by molar-refractivity contribution is 6.00. The molecule has 1 aromatic carbocycles. The lowest BCUT2D eigenvalue weighted by molar-refractivity contribution is -0.168. The van der Waals surface area contributed by atoms with Crippen LogP contribution in [0.2, 0.25) is 0 Å². The van der Waals surface area contributed by atoms with Crippen molar-refractivity contribution in [3.8, 4) is 6.07 Å². The molecule has 0 aromatic heterocycles. The molecule has 154 valence electrons. The van der Waals surface area contributed by atoms with Gasteiger partial charge in [0.1, 0.15) is 17.4 Å². The smallest absolute Gasteiger partial charge is 0.393 e. The number of fused-ring (bicyclic) bond motifs is 2. The van der Waals surface area contributed by atoms with Crippen molar-refractivity contribution in [1.82, 2.24) is 0 Å². The van der Waals surface area contributed by atoms with E-state index in [1.54, 1.807) is 0 Å². The van der Waals surface area contributed by atoms with Crippen LogP contribution in [0.25, 0.3) is 0 Å². The van der Waals surface area contributed by atoms with Gasteiger partial charge in [0, 0.05) is 18.5 Å². The van der Waals surface area contributed by atoms with E-state index in [-0.39, 0.29) is 18.7 Å². The summed E-state index contributed by atoms with van der Waals surface area (Å²) >= 11 is 0. The number of benzene rings is 1. The van der Waals surface area contributed by atoms with E-state index >= 15 is 0 Å². The Morgan fingerprint density at radius 1 is 1.38 bits per heavy atom. The number of amides is 1. The van der Waals surface area contributed by atoms with Gasteiger partial charge >= 0.3 is 6.18 Å². The van der Waals surface area contributed by atoms with Gasteiger partial charge < -0.3 is 19.7 Å². The molecule has 0 aliphatic carbocycles. The molecular formula is C19H17F3N2O5. The largest absolute Gasteiger partial charge is 0.417 e. The van der Waals surface area contributed by atoms with E-state index in [1.807, 2.05) is 0 Å². The molecule has 4 fully saturated rings. The van der Waals surface area contributed by atoms with E-state index in [4.69, 9.17) is 14.7 Å². The molecule has 6 atom stereocenters. The van der Waals surface area contributed by atoms with E-state index in [2.05, 4.69) is 0 Å². The average Bonchev–Trinajstić information content (AvgIpc) is 3.26. The summed E-state index contributed by atoms with van der Waals surface area (Å²) in [7, 11) is 0. The summed E-state index contributed by atoms with van der Waals surface area (Å²) in [6.45, 7) is -0.334. The van der Waals surface area contributed by atoms with Gasteiger partial charge in [0.05, 0.1) is 48.3 Å². The molecule has 2 N–H and O–H groups in total. The van der Waals surface area contributed by atoms with Crippen LogP contribution in [-0.2, 0) is 20.4 Å². The number of hydrogen-bond acceptors (Lipinski definition) is 6. The monoisotopic (exact) mass is 410 g/mol. The molecule has 5 rings (SSSR count). The molecule has 0 unspecified atom stereocenters. The summed E-state index contributed by atoms with van der Waals surface area (Å²) in [6.07, 6.45) is -6.17. The summed E-state index contributed by atoms with van der Waals surface area (Å²) in [5.74, 6) is -1.95. The first kappa shape index (κ1) is 18.8. The number of nitriles is 1. The van der Waals surface area contributed by atoms with Crippen molar-refractivity contribution in [2.45, 2.75) is 42.6 Å². The van der Waals surface area contributed by atoms with Crippen LogP contribution in [0.4, 0.5) is 18.9 Å². The number of anilines is 1. The predicted molar refractivity (Wildman–Crippen MR) is 89.2 cm³/mol. The first-order valence-electron chi connectivity index (χ1n) is 9.24. The molecule has 1 aromatic rings. The third-order valence-electron chi connectivity index (χ3n) is 6.81. The third-order valence-corrected chi connectivity index (χ3v) is 6.81. The van der Waals surface area contributed by atoms with Crippen LogP contribution >= 0.6 is 0 Å². The SMILES string of the molecule is N#Cc1ccc(N2C(=O)[C@@H]3[C@@H]4[C@H]2OCC[C@]42O[C@@]3(CO)C[C@H]2O)cc1C(F)(F)F. The van der Waals surface area contributed by atoms with Crippen molar-refractivity contribution in [3.05, 3.63) is 29.3 Å². The molecule has 10 heteroatoms. The fourth-order valence-corrected chi connectivity index (χ4v) is 5.68. The highest BCUT2D eigenvalue weighted by Gasteiger charge is 2.79. The molecule has 7 nitrogen and oxygen atoms in total. The van der Waals surface area contributed by atoms with Crippen molar-refractivity contribution in [3.63, 3.8) is 0 Å². The zero-order valence-corrected chi connectivity index (χ0v) is 15.0. The van der Waals surface area contributed by atoms with Crippen molar-refractivity contribution < 1.29 is 37.7 Å². The predicted octanol–water partition coefficient (Wildman–Crippen LogP) is 1.17. The summed E-state index contributed by atoms with van der Waals surface area (Å²) in [6, 6.07) is 4.60. The van der Waals surface area contributed by atoms with E-state index < -0.39 is 65.2 Å². The normalized spacial score (nSPS) is 40.3. The molecular weight excluding hydrogens is 393 g/mol. The fourth-order valence-electron chi connectivity index (χ4n) is 5.68. The second kappa shape index (κ2) is 5.70. The van der Waals surface area contributed by atoms with Crippen LogP contribution in [0.15, 0.2) is 18.2 Å². The average molecular weight is 410 g/mol. The summed E-state index contributed by atoms with van der Waals surface area (Å²) in [4.78, 5) is 14.5. The van der Waals surface area contributed by atoms with Gasteiger partial charge in [0.2, 0.25) is 5.91 Å². The number of rotatable bonds is 2. The van der Waals surface area contributed by atoms with Crippen LogP contribution in [0, 0.1) is 23.2 Å². The quantitative estimate of drug-likeness (QED) is 0.759. The molecule has 4 saturated heterocycles. The maximum Gasteiger partial charge on any atom is 0.417 e. The summed E-state index contributed by atoms with van der Waals surface area (Å²) in [5, 5.41) is 29.6. The number of halogens is 3. The first-order chi connectivity index (χ1) is 13.7. The van der Waals surface area contributed by atoms with Gasteiger partial charge in [-0.1, -0.05) is 0 Å². The lowest BCUT2D eigenvalue weighted by atomic mass is 9.64. The van der Waals surface area contributed by atoms with E-state index in [1.165, 1.54) is 12.1 Å². The Morgan fingerprint density at radius 2 is 2.14 bits per heavy atom. The Labute approximate surface area is 163 Å². The molecule has 1 spiro atoms. The van der Waals surface area contributed by atoms with E-state index in [0.717, 1.165) is 17.0 Å². The maximum atomic E-state index is 13.4. The highest BCUT2D eigenvalue weighted by Crippen LogP contribution is 2.65. The van der Waals surface area contributed by atoms with Gasteiger partial charge in [0.25, 0.3) is 0 Å². The standard InChI is InChI=1S/C19H17F3N2O5/c20-19(21,22)11-5-10(2-1-9(11)7-23)24-15(27)13-14-16(24)28-4-3-18(14)12(26)6-17(13,8-25)29-18/h1-2,5,12-14,16,25-26H,3-4,6,8H2/t12-,13+,14-,16-,17-,18-/m1/s1. The van der Waals surface area contributed by atoms with Crippen molar-refractivity contribution in [2.75, 3.05) is 18.1 Å². The van der Waals surface area contributed by atoms with Gasteiger partial charge in [-0.2, -0.15) is 18.4 Å². The highest BCUT2D eigenvalue weighted by atomic mass is 19.4.